The Labute approximate surface area is 192 Å². The van der Waals surface area contributed by atoms with Gasteiger partial charge < -0.3 is 24.5 Å². The van der Waals surface area contributed by atoms with Crippen LogP contribution >= 0.6 is 0 Å². The summed E-state index contributed by atoms with van der Waals surface area (Å²) in [6.45, 7) is 1.87. The van der Waals surface area contributed by atoms with E-state index in [-0.39, 0.29) is 5.75 Å². The van der Waals surface area contributed by atoms with E-state index < -0.39 is 16.1 Å². The Bertz CT molecular complexity index is 1190. The van der Waals surface area contributed by atoms with Crippen LogP contribution in [0.4, 0.5) is 16.2 Å². The molecule has 2 aromatic carbocycles. The molecule has 3 N–H and O–H groups in total. The first-order valence-corrected chi connectivity index (χ1v) is 11.8. The zero-order valence-electron chi connectivity index (χ0n) is 18.5. The summed E-state index contributed by atoms with van der Waals surface area (Å²) in [5.41, 5.74) is 2.28. The van der Waals surface area contributed by atoms with Crippen LogP contribution in [0.2, 0.25) is 0 Å². The van der Waals surface area contributed by atoms with Gasteiger partial charge in [-0.1, -0.05) is 0 Å². The number of amides is 2. The Morgan fingerprint density at radius 3 is 2.52 bits per heavy atom. The minimum Gasteiger partial charge on any atom is -0.497 e. The molecule has 0 bridgehead atoms. The van der Waals surface area contributed by atoms with Crippen LogP contribution in [0.5, 0.6) is 11.5 Å². The van der Waals surface area contributed by atoms with Gasteiger partial charge in [-0.2, -0.15) is 0 Å². The molecule has 0 fully saturated rings. The Morgan fingerprint density at radius 1 is 1.09 bits per heavy atom. The van der Waals surface area contributed by atoms with Gasteiger partial charge in [-0.15, -0.1) is 0 Å². The lowest BCUT2D eigenvalue weighted by atomic mass is 10.2. The van der Waals surface area contributed by atoms with Crippen molar-refractivity contribution >= 4 is 27.4 Å². The van der Waals surface area contributed by atoms with Crippen molar-refractivity contribution in [1.82, 2.24) is 10.3 Å². The normalized spacial score (nSPS) is 11.0. The number of methoxy groups -OCH3 is 2. The summed E-state index contributed by atoms with van der Waals surface area (Å²) in [4.78, 5) is 16.7. The number of ether oxygens (including phenoxy) is 2. The van der Waals surface area contributed by atoms with E-state index in [9.17, 15) is 13.2 Å². The van der Waals surface area contributed by atoms with Gasteiger partial charge in [0.25, 0.3) is 0 Å². The number of nitrogens with one attached hydrogen (secondary N) is 3. The fourth-order valence-corrected chi connectivity index (χ4v) is 3.51. The van der Waals surface area contributed by atoms with Crippen molar-refractivity contribution in [3.05, 3.63) is 54.4 Å². The molecule has 1 heterocycles. The molecule has 2 amide bonds. The quantitative estimate of drug-likeness (QED) is 0.410. The monoisotopic (exact) mass is 474 g/mol. The lowest BCUT2D eigenvalue weighted by Crippen LogP contribution is -2.30. The van der Waals surface area contributed by atoms with Gasteiger partial charge >= 0.3 is 6.03 Å². The second-order valence-corrected chi connectivity index (χ2v) is 8.93. The molecule has 0 aliphatic heterocycles. The highest BCUT2D eigenvalue weighted by molar-refractivity contribution is 7.92. The van der Waals surface area contributed by atoms with E-state index in [1.165, 1.54) is 26.2 Å². The van der Waals surface area contributed by atoms with Gasteiger partial charge in [0, 0.05) is 30.3 Å². The van der Waals surface area contributed by atoms with Crippen LogP contribution in [0, 0.1) is 0 Å². The van der Waals surface area contributed by atoms with Crippen molar-refractivity contribution in [3.8, 4) is 23.0 Å². The average Bonchev–Trinajstić information content (AvgIpc) is 3.29. The van der Waals surface area contributed by atoms with Crippen LogP contribution in [0.25, 0.3) is 11.5 Å². The van der Waals surface area contributed by atoms with Crippen LogP contribution in [0.1, 0.15) is 12.6 Å². The zero-order valence-corrected chi connectivity index (χ0v) is 19.4. The molecule has 10 nitrogen and oxygen atoms in total. The number of urea groups is 1. The third-order valence-corrected chi connectivity index (χ3v) is 5.95. The van der Waals surface area contributed by atoms with Gasteiger partial charge in [0.05, 0.1) is 31.4 Å². The van der Waals surface area contributed by atoms with E-state index in [4.69, 9.17) is 13.9 Å². The molecule has 11 heteroatoms. The van der Waals surface area contributed by atoms with Crippen LogP contribution in [-0.2, 0) is 16.4 Å². The highest BCUT2D eigenvalue weighted by Gasteiger charge is 2.13. The van der Waals surface area contributed by atoms with Crippen molar-refractivity contribution in [2.24, 2.45) is 0 Å². The summed E-state index contributed by atoms with van der Waals surface area (Å²) in [6.07, 6.45) is 2.04. The molecule has 0 aliphatic rings. The minimum atomic E-state index is -3.45. The second kappa shape index (κ2) is 10.7. The largest absolute Gasteiger partial charge is 0.497 e. The maximum Gasteiger partial charge on any atom is 0.319 e. The standard InChI is InChI=1S/C22H26N4O6S/c1-4-33(28,29)26-19-10-7-16(13-20(19)31-3)25-22(27)23-12-11-17-14-32-21(24-17)15-5-8-18(30-2)9-6-15/h5-10,13-14,26H,4,11-12H2,1-3H3,(H2,23,25,27). The number of aromatic nitrogens is 1. The Kier molecular flexibility index (Phi) is 7.78. The molecule has 33 heavy (non-hydrogen) atoms. The van der Waals surface area contributed by atoms with Crippen LogP contribution in [-0.4, -0.2) is 46.0 Å². The maximum absolute atomic E-state index is 12.2. The van der Waals surface area contributed by atoms with Crippen LogP contribution in [0.15, 0.2) is 53.1 Å². The van der Waals surface area contributed by atoms with E-state index in [1.807, 2.05) is 24.3 Å². The van der Waals surface area contributed by atoms with Crippen LogP contribution in [0.3, 0.4) is 0 Å². The Hall–Kier alpha value is -3.73. The topological polar surface area (TPSA) is 132 Å². The average molecular weight is 475 g/mol. The van der Waals surface area contributed by atoms with Crippen LogP contribution < -0.4 is 24.8 Å². The number of carbonyl (C=O) groups excluding carboxylic acids is 1. The number of oxazole rings is 1. The first-order chi connectivity index (χ1) is 15.8. The SMILES string of the molecule is CCS(=O)(=O)Nc1ccc(NC(=O)NCCc2coc(-c3ccc(OC)cc3)n2)cc1OC. The number of nitrogens with zero attached hydrogens (tertiary/aromatic N) is 1. The number of benzene rings is 2. The summed E-state index contributed by atoms with van der Waals surface area (Å²) in [5, 5.41) is 5.43. The Morgan fingerprint density at radius 2 is 1.85 bits per heavy atom. The summed E-state index contributed by atoms with van der Waals surface area (Å²) in [7, 11) is -0.428. The van der Waals surface area contributed by atoms with E-state index >= 15 is 0 Å². The molecule has 0 saturated heterocycles. The van der Waals surface area contributed by atoms with Gasteiger partial charge in [0.15, 0.2) is 0 Å². The minimum absolute atomic E-state index is 0.0638. The van der Waals surface area contributed by atoms with Crippen molar-refractivity contribution in [2.45, 2.75) is 13.3 Å². The molecule has 3 aromatic rings. The molecule has 0 aliphatic carbocycles. The first kappa shape index (κ1) is 23.9. The summed E-state index contributed by atoms with van der Waals surface area (Å²) < 4.78 is 41.9. The van der Waals surface area contributed by atoms with Crippen molar-refractivity contribution in [2.75, 3.05) is 36.6 Å². The number of anilines is 2. The van der Waals surface area contributed by atoms with Crippen molar-refractivity contribution < 1.29 is 27.1 Å². The number of carbonyl (C=O) groups is 1. The van der Waals surface area contributed by atoms with Gasteiger partial charge in [0.1, 0.15) is 17.8 Å². The van der Waals surface area contributed by atoms with E-state index in [0.29, 0.717) is 41.7 Å². The highest BCUT2D eigenvalue weighted by atomic mass is 32.2. The molecule has 1 aromatic heterocycles. The summed E-state index contributed by atoms with van der Waals surface area (Å²) >= 11 is 0. The summed E-state index contributed by atoms with van der Waals surface area (Å²) in [6, 6.07) is 11.6. The maximum atomic E-state index is 12.2. The zero-order chi connectivity index (χ0) is 23.8. The highest BCUT2D eigenvalue weighted by Crippen LogP contribution is 2.29. The number of sulfonamides is 1. The predicted molar refractivity (Wildman–Crippen MR) is 125 cm³/mol. The predicted octanol–water partition coefficient (Wildman–Crippen LogP) is 3.48. The molecule has 0 spiro atoms. The Balaban J connectivity index is 1.52. The number of hydrogen-bond acceptors (Lipinski definition) is 7. The number of rotatable bonds is 10. The van der Waals surface area contributed by atoms with E-state index in [2.05, 4.69) is 20.3 Å². The molecule has 3 rings (SSSR count). The molecular formula is C22H26N4O6S. The van der Waals surface area contributed by atoms with Crippen molar-refractivity contribution in [3.63, 3.8) is 0 Å². The number of hydrogen-bond donors (Lipinski definition) is 3. The van der Waals surface area contributed by atoms with Gasteiger partial charge in [-0.3, -0.25) is 4.72 Å². The fourth-order valence-electron chi connectivity index (χ4n) is 2.86. The van der Waals surface area contributed by atoms with E-state index in [1.54, 1.807) is 19.4 Å². The lowest BCUT2D eigenvalue weighted by molar-refractivity contribution is 0.252. The summed E-state index contributed by atoms with van der Waals surface area (Å²) in [5.74, 6) is 1.46. The molecule has 176 valence electrons. The molecule has 0 unspecified atom stereocenters. The van der Waals surface area contributed by atoms with Gasteiger partial charge in [-0.25, -0.2) is 18.2 Å². The van der Waals surface area contributed by atoms with Gasteiger partial charge in [-0.05, 0) is 43.3 Å². The molecular weight excluding hydrogens is 448 g/mol. The smallest absolute Gasteiger partial charge is 0.319 e. The van der Waals surface area contributed by atoms with Crippen molar-refractivity contribution in [1.29, 1.82) is 0 Å². The van der Waals surface area contributed by atoms with E-state index in [0.717, 1.165) is 11.3 Å². The molecule has 0 radical (unpaired) electrons. The van der Waals surface area contributed by atoms with Gasteiger partial charge in [0.2, 0.25) is 15.9 Å². The molecule has 0 atom stereocenters. The molecule has 0 saturated carbocycles. The third kappa shape index (κ3) is 6.62. The lowest BCUT2D eigenvalue weighted by Gasteiger charge is -2.13. The first-order valence-electron chi connectivity index (χ1n) is 10.2. The fraction of sp³-hybridized carbons (Fsp3) is 0.273. The third-order valence-electron chi connectivity index (χ3n) is 4.66. The second-order valence-electron chi connectivity index (χ2n) is 6.92.